The monoisotopic (exact) mass is 222 g/mol. The first-order chi connectivity index (χ1) is 8.38. The molecule has 0 saturated heterocycles. The average Bonchev–Trinajstić information content (AvgIpc) is 2.82. The van der Waals surface area contributed by atoms with Crippen LogP contribution in [0.5, 0.6) is 0 Å². The van der Waals surface area contributed by atoms with Crippen LogP contribution in [0.3, 0.4) is 0 Å². The standard InChI is InChI=1S/C15H14N2/c16-10-12-6-1-3-7-13(12)15-9-11-5-2-4-8-14(11)17-15/h1-9,17H,10,16H2. The summed E-state index contributed by atoms with van der Waals surface area (Å²) in [5.74, 6) is 0. The van der Waals surface area contributed by atoms with Crippen LogP contribution in [0.4, 0.5) is 0 Å². The molecule has 0 aliphatic rings. The van der Waals surface area contributed by atoms with E-state index in [9.17, 15) is 0 Å². The Morgan fingerprint density at radius 2 is 1.71 bits per heavy atom. The van der Waals surface area contributed by atoms with Gasteiger partial charge in [-0.2, -0.15) is 0 Å². The highest BCUT2D eigenvalue weighted by Gasteiger charge is 2.06. The van der Waals surface area contributed by atoms with Crippen LogP contribution in [0.25, 0.3) is 22.2 Å². The lowest BCUT2D eigenvalue weighted by Gasteiger charge is -2.04. The van der Waals surface area contributed by atoms with Crippen LogP contribution in [0.2, 0.25) is 0 Å². The van der Waals surface area contributed by atoms with Gasteiger partial charge in [-0.3, -0.25) is 0 Å². The van der Waals surface area contributed by atoms with E-state index >= 15 is 0 Å². The van der Waals surface area contributed by atoms with E-state index in [1.54, 1.807) is 0 Å². The number of para-hydroxylation sites is 1. The maximum absolute atomic E-state index is 5.77. The van der Waals surface area contributed by atoms with Gasteiger partial charge in [-0.1, -0.05) is 42.5 Å². The fraction of sp³-hybridized carbons (Fsp3) is 0.0667. The highest BCUT2D eigenvalue weighted by Crippen LogP contribution is 2.26. The van der Waals surface area contributed by atoms with Gasteiger partial charge in [-0.15, -0.1) is 0 Å². The largest absolute Gasteiger partial charge is 0.355 e. The zero-order valence-electron chi connectivity index (χ0n) is 9.48. The highest BCUT2D eigenvalue weighted by atomic mass is 14.7. The van der Waals surface area contributed by atoms with Crippen molar-refractivity contribution >= 4 is 10.9 Å². The topological polar surface area (TPSA) is 41.8 Å². The molecule has 0 radical (unpaired) electrons. The molecule has 2 nitrogen and oxygen atoms in total. The molecular weight excluding hydrogens is 208 g/mol. The van der Waals surface area contributed by atoms with Crippen LogP contribution >= 0.6 is 0 Å². The van der Waals surface area contributed by atoms with Gasteiger partial charge in [0.25, 0.3) is 0 Å². The Kier molecular flexibility index (Phi) is 2.42. The van der Waals surface area contributed by atoms with Gasteiger partial charge in [0, 0.05) is 28.7 Å². The van der Waals surface area contributed by atoms with E-state index in [-0.39, 0.29) is 0 Å². The second kappa shape index (κ2) is 4.07. The van der Waals surface area contributed by atoms with Gasteiger partial charge >= 0.3 is 0 Å². The molecule has 0 aliphatic heterocycles. The number of H-pyrrole nitrogens is 1. The summed E-state index contributed by atoms with van der Waals surface area (Å²) >= 11 is 0. The molecule has 2 aromatic carbocycles. The van der Waals surface area contributed by atoms with Gasteiger partial charge in [0.15, 0.2) is 0 Å². The first-order valence-electron chi connectivity index (χ1n) is 5.74. The van der Waals surface area contributed by atoms with Crippen LogP contribution in [-0.2, 0) is 6.54 Å². The third-order valence-corrected chi connectivity index (χ3v) is 3.06. The molecule has 3 N–H and O–H groups in total. The summed E-state index contributed by atoms with van der Waals surface area (Å²) in [5, 5.41) is 1.23. The predicted octanol–water partition coefficient (Wildman–Crippen LogP) is 3.29. The fourth-order valence-electron chi connectivity index (χ4n) is 2.18. The molecule has 17 heavy (non-hydrogen) atoms. The maximum Gasteiger partial charge on any atom is 0.0468 e. The van der Waals surface area contributed by atoms with E-state index < -0.39 is 0 Å². The molecule has 0 fully saturated rings. The molecule has 0 bridgehead atoms. The van der Waals surface area contributed by atoms with E-state index in [0.29, 0.717) is 6.54 Å². The zero-order chi connectivity index (χ0) is 11.7. The maximum atomic E-state index is 5.77. The van der Waals surface area contributed by atoms with Crippen molar-refractivity contribution in [3.05, 3.63) is 60.2 Å². The molecule has 0 aliphatic carbocycles. The minimum atomic E-state index is 0.561. The first kappa shape index (κ1) is 10.1. The molecule has 3 rings (SSSR count). The Labute approximate surface area is 100 Å². The Hall–Kier alpha value is -2.06. The van der Waals surface area contributed by atoms with E-state index in [2.05, 4.69) is 41.4 Å². The summed E-state index contributed by atoms with van der Waals surface area (Å²) in [6.45, 7) is 0.561. The molecule has 0 saturated carbocycles. The van der Waals surface area contributed by atoms with Gasteiger partial charge in [-0.05, 0) is 17.7 Å². The lowest BCUT2D eigenvalue weighted by Crippen LogP contribution is -1.98. The third-order valence-electron chi connectivity index (χ3n) is 3.06. The van der Waals surface area contributed by atoms with Crippen molar-refractivity contribution in [1.29, 1.82) is 0 Å². The van der Waals surface area contributed by atoms with Crippen LogP contribution in [0.1, 0.15) is 5.56 Å². The summed E-state index contributed by atoms with van der Waals surface area (Å²) in [6, 6.07) is 18.7. The molecule has 1 aromatic heterocycles. The fourth-order valence-corrected chi connectivity index (χ4v) is 2.18. The molecule has 0 atom stereocenters. The molecule has 84 valence electrons. The molecule has 2 heteroatoms. The highest BCUT2D eigenvalue weighted by molar-refractivity contribution is 5.86. The summed E-state index contributed by atoms with van der Waals surface area (Å²) in [6.07, 6.45) is 0. The van der Waals surface area contributed by atoms with Crippen molar-refractivity contribution in [2.45, 2.75) is 6.54 Å². The van der Waals surface area contributed by atoms with Crippen molar-refractivity contribution in [3.63, 3.8) is 0 Å². The van der Waals surface area contributed by atoms with Crippen molar-refractivity contribution in [1.82, 2.24) is 4.98 Å². The number of rotatable bonds is 2. The Balaban J connectivity index is 2.20. The minimum absolute atomic E-state index is 0.561. The second-order valence-electron chi connectivity index (χ2n) is 4.13. The van der Waals surface area contributed by atoms with Gasteiger partial charge in [0.05, 0.1) is 0 Å². The molecule has 0 amide bonds. The molecule has 3 aromatic rings. The number of nitrogens with one attached hydrogen (secondary N) is 1. The lowest BCUT2D eigenvalue weighted by atomic mass is 10.0. The molecule has 1 heterocycles. The Morgan fingerprint density at radius 1 is 0.941 bits per heavy atom. The minimum Gasteiger partial charge on any atom is -0.355 e. The lowest BCUT2D eigenvalue weighted by molar-refractivity contribution is 1.07. The van der Waals surface area contributed by atoms with Crippen LogP contribution in [0, 0.1) is 0 Å². The summed E-state index contributed by atoms with van der Waals surface area (Å²) < 4.78 is 0. The normalized spacial score (nSPS) is 10.9. The van der Waals surface area contributed by atoms with Crippen molar-refractivity contribution in [3.8, 4) is 11.3 Å². The zero-order valence-corrected chi connectivity index (χ0v) is 9.48. The van der Waals surface area contributed by atoms with E-state index in [1.807, 2.05) is 18.2 Å². The summed E-state index contributed by atoms with van der Waals surface area (Å²) in [4.78, 5) is 3.43. The Morgan fingerprint density at radius 3 is 2.53 bits per heavy atom. The van der Waals surface area contributed by atoms with Gasteiger partial charge in [0.2, 0.25) is 0 Å². The van der Waals surface area contributed by atoms with Crippen molar-refractivity contribution in [2.24, 2.45) is 5.73 Å². The van der Waals surface area contributed by atoms with Crippen molar-refractivity contribution < 1.29 is 0 Å². The number of nitrogens with two attached hydrogens (primary N) is 1. The summed E-state index contributed by atoms with van der Waals surface area (Å²) in [7, 11) is 0. The number of benzene rings is 2. The van der Waals surface area contributed by atoms with Gasteiger partial charge in [0.1, 0.15) is 0 Å². The Bertz CT molecular complexity index is 620. The number of aromatic nitrogens is 1. The number of hydrogen-bond acceptors (Lipinski definition) is 1. The van der Waals surface area contributed by atoms with E-state index in [1.165, 1.54) is 16.5 Å². The van der Waals surface area contributed by atoms with Gasteiger partial charge < -0.3 is 10.7 Å². The number of fused-ring (bicyclic) bond motifs is 1. The van der Waals surface area contributed by atoms with E-state index in [4.69, 9.17) is 5.73 Å². The summed E-state index contributed by atoms with van der Waals surface area (Å²) in [5.41, 5.74) is 10.4. The SMILES string of the molecule is NCc1ccccc1-c1cc2ccccc2[nH]1. The smallest absolute Gasteiger partial charge is 0.0468 e. The van der Waals surface area contributed by atoms with Crippen LogP contribution < -0.4 is 5.73 Å². The second-order valence-corrected chi connectivity index (χ2v) is 4.13. The quantitative estimate of drug-likeness (QED) is 0.686. The first-order valence-corrected chi connectivity index (χ1v) is 5.74. The molecular formula is C15H14N2. The van der Waals surface area contributed by atoms with Crippen molar-refractivity contribution in [2.75, 3.05) is 0 Å². The molecule has 0 unspecified atom stereocenters. The average molecular weight is 222 g/mol. The predicted molar refractivity (Wildman–Crippen MR) is 71.6 cm³/mol. The van der Waals surface area contributed by atoms with E-state index in [0.717, 1.165) is 11.2 Å². The number of aromatic amines is 1. The van der Waals surface area contributed by atoms with Gasteiger partial charge in [-0.25, -0.2) is 0 Å². The molecule has 0 spiro atoms. The van der Waals surface area contributed by atoms with Crippen LogP contribution in [-0.4, -0.2) is 4.98 Å². The number of hydrogen-bond donors (Lipinski definition) is 2. The third kappa shape index (κ3) is 1.73. The van der Waals surface area contributed by atoms with Crippen LogP contribution in [0.15, 0.2) is 54.6 Å².